The first-order chi connectivity index (χ1) is 35.0. The summed E-state index contributed by atoms with van der Waals surface area (Å²) in [5.41, 5.74) is 18.1. The number of aryl methyl sites for hydroxylation is 7. The van der Waals surface area contributed by atoms with Gasteiger partial charge in [0.1, 0.15) is 6.33 Å². The predicted molar refractivity (Wildman–Crippen MR) is 329 cm³/mol. The van der Waals surface area contributed by atoms with Crippen molar-refractivity contribution in [3.05, 3.63) is 195 Å². The van der Waals surface area contributed by atoms with Crippen LogP contribution in [0, 0.1) is 48.5 Å². The Morgan fingerprint density at radius 2 is 0.714 bits per heavy atom. The normalized spacial score (nSPS) is 11.6. The van der Waals surface area contributed by atoms with Crippen molar-refractivity contribution in [2.45, 2.75) is 232 Å². The maximum absolute atomic E-state index is 4.31. The number of pyridine rings is 3. The molecule has 0 aliphatic carbocycles. The monoisotopic (exact) mass is 1050 g/mol. The molecule has 9 nitrogen and oxygen atoms in total. The molecule has 0 aliphatic heterocycles. The predicted octanol–water partition coefficient (Wildman–Crippen LogP) is 17.6. The van der Waals surface area contributed by atoms with Crippen molar-refractivity contribution in [3.8, 4) is 0 Å². The van der Waals surface area contributed by atoms with Gasteiger partial charge in [-0.25, -0.2) is 9.97 Å². The molecule has 6 aromatic heterocycles. The van der Waals surface area contributed by atoms with E-state index < -0.39 is 0 Å². The van der Waals surface area contributed by atoms with Gasteiger partial charge in [-0.15, -0.1) is 0 Å². The first-order valence-corrected chi connectivity index (χ1v) is 27.2. The van der Waals surface area contributed by atoms with Crippen molar-refractivity contribution in [1.29, 1.82) is 0 Å². The van der Waals surface area contributed by atoms with Crippen LogP contribution in [0.1, 0.15) is 224 Å². The van der Waals surface area contributed by atoms with E-state index in [4.69, 9.17) is 0 Å². The summed E-state index contributed by atoms with van der Waals surface area (Å²) >= 11 is 0. The van der Waals surface area contributed by atoms with Crippen LogP contribution in [0.2, 0.25) is 0 Å². The van der Waals surface area contributed by atoms with Crippen molar-refractivity contribution in [3.63, 3.8) is 0 Å². The van der Waals surface area contributed by atoms with Crippen molar-refractivity contribution < 1.29 is 0 Å². The minimum atomic E-state index is 0.110. The Morgan fingerprint density at radius 1 is 0.286 bits per heavy atom. The summed E-state index contributed by atoms with van der Waals surface area (Å²) in [5.74, 6) is 0. The Hall–Kier alpha value is -6.09. The molecule has 0 radical (unpaired) electrons. The van der Waals surface area contributed by atoms with Crippen LogP contribution in [0.15, 0.2) is 116 Å². The molecule has 0 aliphatic rings. The van der Waals surface area contributed by atoms with Crippen LogP contribution in [-0.2, 0) is 37.9 Å². The molecular formula is C68H103N9. The molecule has 77 heavy (non-hydrogen) atoms. The molecular weight excluding hydrogens is 943 g/mol. The largest absolute Gasteiger partial charge is 0.264 e. The van der Waals surface area contributed by atoms with Crippen LogP contribution in [0.25, 0.3) is 0 Å². The molecule has 0 bridgehead atoms. The first kappa shape index (κ1) is 68.9. The number of hydrogen-bond donors (Lipinski definition) is 0. The Bertz CT molecular complexity index is 2270. The molecule has 0 saturated carbocycles. The van der Waals surface area contributed by atoms with Gasteiger partial charge in [0.05, 0.1) is 23.8 Å². The van der Waals surface area contributed by atoms with Crippen LogP contribution in [-0.4, -0.2) is 45.3 Å². The van der Waals surface area contributed by atoms with Crippen LogP contribution in [0.4, 0.5) is 0 Å². The lowest BCUT2D eigenvalue weighted by Gasteiger charge is -2.19. The van der Waals surface area contributed by atoms with Gasteiger partial charge in [-0.1, -0.05) is 181 Å². The highest BCUT2D eigenvalue weighted by Crippen LogP contribution is 2.25. The minimum absolute atomic E-state index is 0.110. The molecule has 0 unspecified atom stereocenters. The number of rotatable bonds is 0. The maximum Gasteiger partial charge on any atom is 0.115 e. The van der Waals surface area contributed by atoms with E-state index in [-0.39, 0.29) is 37.9 Å². The van der Waals surface area contributed by atoms with E-state index in [2.05, 4.69) is 272 Å². The highest BCUT2D eigenvalue weighted by molar-refractivity contribution is 5.28. The molecule has 1 aromatic carbocycles. The number of hydrogen-bond acceptors (Lipinski definition) is 9. The molecule has 6 heterocycles. The number of nitrogens with zero attached hydrogens (tertiary/aromatic N) is 9. The molecule has 0 amide bonds. The van der Waals surface area contributed by atoms with E-state index in [1.54, 1.807) is 12.5 Å². The maximum atomic E-state index is 4.31. The summed E-state index contributed by atoms with van der Waals surface area (Å²) in [7, 11) is 0. The second-order valence-corrected chi connectivity index (χ2v) is 27.5. The van der Waals surface area contributed by atoms with E-state index in [0.29, 0.717) is 0 Å². The summed E-state index contributed by atoms with van der Waals surface area (Å²) in [6.07, 6.45) is 12.8. The molecule has 9 heteroatoms. The van der Waals surface area contributed by atoms with E-state index in [1.165, 1.54) is 44.5 Å². The smallest absolute Gasteiger partial charge is 0.115 e. The molecule has 7 rings (SSSR count). The fraction of sp³-hybridized carbons (Fsp3) is 0.515. The Kier molecular flexibility index (Phi) is 26.5. The molecule has 0 atom stereocenters. The van der Waals surface area contributed by atoms with Gasteiger partial charge in [0.25, 0.3) is 0 Å². The summed E-state index contributed by atoms with van der Waals surface area (Å²) in [4.78, 5) is 20.9. The average molecular weight is 1050 g/mol. The third-order valence-corrected chi connectivity index (χ3v) is 11.8. The van der Waals surface area contributed by atoms with Crippen LogP contribution in [0.3, 0.4) is 0 Å². The van der Waals surface area contributed by atoms with Crippen molar-refractivity contribution in [2.24, 2.45) is 0 Å². The SMILES string of the molecule is Cc1cc(C(C)(C)C)ccn1.Cc1cc(C(C)(C)C)cnn1.Cc1cc(C(C)(C)C)ncn1.Cc1cccc(C(C)(C)C)c1.Cc1ccnc(C(C)(C)C)c1.Cc1cncc(C(C)(C)C)c1.Cc1cnnc(C(C)(C)C)c1. The van der Waals surface area contributed by atoms with Crippen molar-refractivity contribution >= 4 is 0 Å². The molecule has 0 saturated heterocycles. The average Bonchev–Trinajstić information content (AvgIpc) is 3.29. The first-order valence-electron chi connectivity index (χ1n) is 27.2. The lowest BCUT2D eigenvalue weighted by atomic mass is 9.86. The Balaban J connectivity index is 0.000000449. The highest BCUT2D eigenvalue weighted by atomic mass is 15.1. The molecule has 0 N–H and O–H groups in total. The van der Waals surface area contributed by atoms with Gasteiger partial charge in [-0.05, 0) is 152 Å². The van der Waals surface area contributed by atoms with E-state index >= 15 is 0 Å². The summed E-state index contributed by atoms with van der Waals surface area (Å²) in [6, 6.07) is 25.4. The minimum Gasteiger partial charge on any atom is -0.264 e. The van der Waals surface area contributed by atoms with Gasteiger partial charge in [-0.2, -0.15) is 20.4 Å². The molecule has 0 spiro atoms. The summed E-state index contributed by atoms with van der Waals surface area (Å²) in [6.45, 7) is 60.1. The third kappa shape index (κ3) is 28.7. The van der Waals surface area contributed by atoms with Crippen molar-refractivity contribution in [2.75, 3.05) is 0 Å². The van der Waals surface area contributed by atoms with Gasteiger partial charge in [-0.3, -0.25) is 15.0 Å². The van der Waals surface area contributed by atoms with E-state index in [0.717, 1.165) is 34.2 Å². The van der Waals surface area contributed by atoms with E-state index in [9.17, 15) is 0 Å². The summed E-state index contributed by atoms with van der Waals surface area (Å²) in [5, 5.41) is 15.8. The highest BCUT2D eigenvalue weighted by Gasteiger charge is 2.18. The number of aromatic nitrogens is 9. The van der Waals surface area contributed by atoms with Gasteiger partial charge in [0.2, 0.25) is 0 Å². The standard InChI is InChI=1S/C11H16.3C10H15N.3C9H14N2/c1-9-6-5-7-10(8-9)11(2,3)4;1-8-5-9(7-11-6-8)10(2,3)4;1-8-7-9(5-6-11-8)10(2,3)4;1-8-5-6-11-9(7-8)10(2,3)4;1-7-5-8(9(2,3)4)11-6-10-7;1-7-5-8(6-10-11-7)9(2,3)4;1-7-5-8(9(2,3)4)11-10-6-7/h5-8H,1-4H3;3*5-7H,1-4H3;3*5-6H,1-4H3. The second kappa shape index (κ2) is 29.6. The van der Waals surface area contributed by atoms with Gasteiger partial charge >= 0.3 is 0 Å². The molecule has 0 fully saturated rings. The van der Waals surface area contributed by atoms with Crippen LogP contribution >= 0.6 is 0 Å². The molecule has 420 valence electrons. The third-order valence-electron chi connectivity index (χ3n) is 11.8. The van der Waals surface area contributed by atoms with Crippen LogP contribution in [0.5, 0.6) is 0 Å². The Morgan fingerprint density at radius 3 is 1.08 bits per heavy atom. The lowest BCUT2D eigenvalue weighted by Crippen LogP contribution is -2.14. The van der Waals surface area contributed by atoms with Gasteiger partial charge in [0.15, 0.2) is 0 Å². The summed E-state index contributed by atoms with van der Waals surface area (Å²) < 4.78 is 0. The van der Waals surface area contributed by atoms with Gasteiger partial charge < -0.3 is 0 Å². The molecule has 7 aromatic rings. The van der Waals surface area contributed by atoms with Crippen molar-refractivity contribution in [1.82, 2.24) is 45.3 Å². The zero-order valence-corrected chi connectivity index (χ0v) is 53.5. The van der Waals surface area contributed by atoms with Gasteiger partial charge in [0, 0.05) is 63.8 Å². The second-order valence-electron chi connectivity index (χ2n) is 27.5. The topological polar surface area (TPSA) is 116 Å². The number of benzene rings is 1. The zero-order valence-electron chi connectivity index (χ0n) is 53.5. The quantitative estimate of drug-likeness (QED) is 0.146. The van der Waals surface area contributed by atoms with Crippen LogP contribution < -0.4 is 0 Å². The fourth-order valence-corrected chi connectivity index (χ4v) is 6.61. The van der Waals surface area contributed by atoms with E-state index in [1.807, 2.05) is 70.8 Å². The Labute approximate surface area is 469 Å². The fourth-order valence-electron chi connectivity index (χ4n) is 6.61. The lowest BCUT2D eigenvalue weighted by molar-refractivity contribution is 0.557. The zero-order chi connectivity index (χ0) is 59.4.